The van der Waals surface area contributed by atoms with Gasteiger partial charge in [0.05, 0.1) is 15.6 Å². The molecule has 0 bridgehead atoms. The average molecular weight is 611 g/mol. The van der Waals surface area contributed by atoms with E-state index in [2.05, 4.69) is 25.3 Å². The monoisotopic (exact) mass is 610 g/mol. The van der Waals surface area contributed by atoms with E-state index in [-0.39, 0.29) is 32.5 Å². The van der Waals surface area contributed by atoms with E-state index in [1.807, 2.05) is 19.0 Å². The summed E-state index contributed by atoms with van der Waals surface area (Å²) < 4.78 is 42.8. The van der Waals surface area contributed by atoms with E-state index in [9.17, 15) is 22.8 Å². The molecule has 0 saturated heterocycles. The molecule has 0 atom stereocenters. The van der Waals surface area contributed by atoms with Crippen LogP contribution in [0.25, 0.3) is 22.2 Å². The molecule has 0 aliphatic heterocycles. The highest BCUT2D eigenvalue weighted by molar-refractivity contribution is 6.34. The first-order chi connectivity index (χ1) is 19.4. The number of benzene rings is 2. The zero-order valence-electron chi connectivity index (χ0n) is 21.8. The van der Waals surface area contributed by atoms with Gasteiger partial charge in [-0.25, -0.2) is 4.98 Å². The van der Waals surface area contributed by atoms with E-state index in [0.717, 1.165) is 23.4 Å². The number of ether oxygens (including phenoxy) is 1. The van der Waals surface area contributed by atoms with Gasteiger partial charge in [-0.15, -0.1) is 17.9 Å². The van der Waals surface area contributed by atoms with Crippen molar-refractivity contribution < 1.29 is 27.5 Å². The molecule has 2 N–H and O–H groups in total. The van der Waals surface area contributed by atoms with Crippen molar-refractivity contribution >= 4 is 51.8 Å². The van der Waals surface area contributed by atoms with Crippen LogP contribution >= 0.6 is 23.2 Å². The third kappa shape index (κ3) is 7.17. The highest BCUT2D eigenvalue weighted by atomic mass is 35.5. The number of likely N-dealkylation sites (N-methyl/N-ethyl adjacent to an activating group) is 1. The normalized spacial score (nSPS) is 11.5. The standard InChI is InChI=1S/C26H23Cl2F3N6O4/c1-36(2)9-8-32-25-33-13-15-10-18(24(39)37(40-3)22(15)35-25)17-6-5-16(12-20(17)28)34-23(38)14-4-7-19(27)21(11-14)41-26(29,30)31/h4-7,10-13H,8-9H2,1-3H3,(H,34,38)(H,32,33,35). The Hall–Kier alpha value is -4.07. The Balaban J connectivity index is 1.60. The van der Waals surface area contributed by atoms with Crippen molar-refractivity contribution in [3.05, 3.63) is 74.6 Å². The van der Waals surface area contributed by atoms with E-state index in [4.69, 9.17) is 28.0 Å². The van der Waals surface area contributed by atoms with Crippen LogP contribution in [0.5, 0.6) is 5.75 Å². The van der Waals surface area contributed by atoms with Crippen LogP contribution in [0.1, 0.15) is 10.4 Å². The minimum absolute atomic E-state index is 0.113. The summed E-state index contributed by atoms with van der Waals surface area (Å²) in [5.41, 5.74) is 0.327. The minimum atomic E-state index is -4.98. The Labute approximate surface area is 241 Å². The van der Waals surface area contributed by atoms with Crippen molar-refractivity contribution in [2.24, 2.45) is 0 Å². The zero-order chi connectivity index (χ0) is 29.9. The lowest BCUT2D eigenvalue weighted by Crippen LogP contribution is -2.27. The van der Waals surface area contributed by atoms with Crippen molar-refractivity contribution in [1.29, 1.82) is 0 Å². The summed E-state index contributed by atoms with van der Waals surface area (Å²) in [7, 11) is 5.20. The fourth-order valence-corrected chi connectivity index (χ4v) is 4.21. The van der Waals surface area contributed by atoms with Gasteiger partial charge in [-0.3, -0.25) is 9.59 Å². The summed E-state index contributed by atoms with van der Waals surface area (Å²) in [6.07, 6.45) is -3.44. The number of hydrogen-bond acceptors (Lipinski definition) is 8. The van der Waals surface area contributed by atoms with Crippen LogP contribution in [-0.4, -0.2) is 66.2 Å². The number of pyridine rings is 1. The van der Waals surface area contributed by atoms with E-state index in [1.54, 1.807) is 12.3 Å². The van der Waals surface area contributed by atoms with Crippen molar-refractivity contribution in [1.82, 2.24) is 19.6 Å². The Morgan fingerprint density at radius 3 is 2.49 bits per heavy atom. The Morgan fingerprint density at radius 1 is 1.07 bits per heavy atom. The SMILES string of the molecule is COn1c(=O)c(-c2ccc(NC(=O)c3ccc(Cl)c(OC(F)(F)F)c3)cc2Cl)cc2cnc(NCCN(C)C)nc21. The predicted molar refractivity (Wildman–Crippen MR) is 150 cm³/mol. The second-order valence-corrected chi connectivity index (χ2v) is 9.70. The third-order valence-electron chi connectivity index (χ3n) is 5.66. The molecule has 4 rings (SSSR count). The van der Waals surface area contributed by atoms with Gasteiger partial charge in [-0.2, -0.15) is 4.98 Å². The van der Waals surface area contributed by atoms with Crippen LogP contribution in [0.2, 0.25) is 10.0 Å². The number of fused-ring (bicyclic) bond motifs is 1. The highest BCUT2D eigenvalue weighted by Gasteiger charge is 2.32. The second kappa shape index (κ2) is 12.2. The topological polar surface area (TPSA) is 111 Å². The first kappa shape index (κ1) is 29.9. The van der Waals surface area contributed by atoms with Crippen LogP contribution in [0.15, 0.2) is 53.5 Å². The molecule has 2 heterocycles. The van der Waals surface area contributed by atoms with Gasteiger partial charge in [0.25, 0.3) is 11.5 Å². The van der Waals surface area contributed by atoms with Gasteiger partial charge in [0.1, 0.15) is 12.9 Å². The van der Waals surface area contributed by atoms with Crippen molar-refractivity contribution in [2.45, 2.75) is 6.36 Å². The van der Waals surface area contributed by atoms with Crippen LogP contribution in [-0.2, 0) is 0 Å². The van der Waals surface area contributed by atoms with Crippen LogP contribution < -0.4 is 25.8 Å². The second-order valence-electron chi connectivity index (χ2n) is 8.88. The summed E-state index contributed by atoms with van der Waals surface area (Å²) >= 11 is 12.2. The van der Waals surface area contributed by atoms with Gasteiger partial charge >= 0.3 is 6.36 Å². The van der Waals surface area contributed by atoms with E-state index >= 15 is 0 Å². The molecule has 0 radical (unpaired) electrons. The zero-order valence-corrected chi connectivity index (χ0v) is 23.4. The first-order valence-corrected chi connectivity index (χ1v) is 12.6. The molecule has 0 aliphatic carbocycles. The van der Waals surface area contributed by atoms with Crippen molar-refractivity contribution in [3.63, 3.8) is 0 Å². The number of rotatable bonds is 9. The third-order valence-corrected chi connectivity index (χ3v) is 6.29. The fourth-order valence-electron chi connectivity index (χ4n) is 3.77. The molecule has 2 aromatic carbocycles. The maximum Gasteiger partial charge on any atom is 0.573 e. The molecule has 0 unspecified atom stereocenters. The number of anilines is 2. The molecular weight excluding hydrogens is 588 g/mol. The van der Waals surface area contributed by atoms with Crippen molar-refractivity contribution in [3.8, 4) is 16.9 Å². The quantitative estimate of drug-likeness (QED) is 0.274. The number of alkyl halides is 3. The van der Waals surface area contributed by atoms with Gasteiger partial charge in [-0.1, -0.05) is 29.3 Å². The lowest BCUT2D eigenvalue weighted by Gasteiger charge is -2.14. The number of aromatic nitrogens is 3. The van der Waals surface area contributed by atoms with E-state index in [0.29, 0.717) is 23.4 Å². The van der Waals surface area contributed by atoms with Gasteiger partial charge in [0, 0.05) is 41.5 Å². The maximum absolute atomic E-state index is 13.3. The molecular formula is C26H23Cl2F3N6O4. The molecule has 0 spiro atoms. The summed E-state index contributed by atoms with van der Waals surface area (Å²) in [5.74, 6) is -1.13. The Bertz CT molecular complexity index is 1660. The number of carbonyl (C=O) groups is 1. The molecule has 41 heavy (non-hydrogen) atoms. The van der Waals surface area contributed by atoms with Crippen LogP contribution in [0.3, 0.4) is 0 Å². The van der Waals surface area contributed by atoms with Crippen LogP contribution in [0, 0.1) is 0 Å². The maximum atomic E-state index is 13.3. The predicted octanol–water partition coefficient (Wildman–Crippen LogP) is 4.95. The van der Waals surface area contributed by atoms with Gasteiger partial charge in [-0.05, 0) is 50.5 Å². The Morgan fingerprint density at radius 2 is 1.83 bits per heavy atom. The minimum Gasteiger partial charge on any atom is -0.412 e. The summed E-state index contributed by atoms with van der Waals surface area (Å²) in [5, 5.41) is 5.94. The largest absolute Gasteiger partial charge is 0.573 e. The molecule has 15 heteroatoms. The molecule has 10 nitrogen and oxygen atoms in total. The first-order valence-electron chi connectivity index (χ1n) is 11.9. The number of nitrogens with zero attached hydrogens (tertiary/aromatic N) is 4. The molecule has 216 valence electrons. The number of amides is 1. The van der Waals surface area contributed by atoms with Gasteiger partial charge < -0.3 is 25.1 Å². The average Bonchev–Trinajstić information content (AvgIpc) is 2.89. The molecule has 0 saturated carbocycles. The van der Waals surface area contributed by atoms with Crippen LogP contribution in [0.4, 0.5) is 24.8 Å². The molecule has 2 aromatic heterocycles. The molecule has 1 amide bonds. The van der Waals surface area contributed by atoms with Crippen molar-refractivity contribution in [2.75, 3.05) is 44.9 Å². The number of halogens is 5. The lowest BCUT2D eigenvalue weighted by atomic mass is 10.1. The fraction of sp³-hybridized carbons (Fsp3) is 0.231. The number of carbonyl (C=O) groups excluding carboxylic acids is 1. The summed E-state index contributed by atoms with van der Waals surface area (Å²) in [4.78, 5) is 42.0. The van der Waals surface area contributed by atoms with Gasteiger partial charge in [0.2, 0.25) is 5.95 Å². The number of hydrogen-bond donors (Lipinski definition) is 2. The molecule has 4 aromatic rings. The van der Waals surface area contributed by atoms with E-state index in [1.165, 1.54) is 31.4 Å². The highest BCUT2D eigenvalue weighted by Crippen LogP contribution is 2.32. The Kier molecular flexibility index (Phi) is 8.90. The smallest absolute Gasteiger partial charge is 0.412 e. The molecule has 0 aliphatic rings. The number of nitrogens with one attached hydrogen (secondary N) is 2. The summed E-state index contributed by atoms with van der Waals surface area (Å²) in [6.45, 7) is 1.34. The molecule has 0 fully saturated rings. The summed E-state index contributed by atoms with van der Waals surface area (Å²) in [6, 6.07) is 9.19. The lowest BCUT2D eigenvalue weighted by molar-refractivity contribution is -0.274. The van der Waals surface area contributed by atoms with E-state index < -0.39 is 23.6 Å². The van der Waals surface area contributed by atoms with Gasteiger partial charge in [0.15, 0.2) is 5.65 Å².